The summed E-state index contributed by atoms with van der Waals surface area (Å²) in [5.41, 5.74) is -0.166. The van der Waals surface area contributed by atoms with Crippen molar-refractivity contribution in [3.8, 4) is 0 Å². The van der Waals surface area contributed by atoms with E-state index in [1.165, 1.54) is 24.9 Å². The Morgan fingerprint density at radius 2 is 2.14 bits per heavy atom. The highest BCUT2D eigenvalue weighted by Crippen LogP contribution is 2.24. The van der Waals surface area contributed by atoms with E-state index in [1.807, 2.05) is 0 Å². The average Bonchev–Trinajstić information content (AvgIpc) is 2.68. The second kappa shape index (κ2) is 10.1. The van der Waals surface area contributed by atoms with Gasteiger partial charge in [0.05, 0.1) is 23.9 Å². The van der Waals surface area contributed by atoms with Gasteiger partial charge >= 0.3 is 5.69 Å². The van der Waals surface area contributed by atoms with Crippen molar-refractivity contribution in [2.75, 3.05) is 25.3 Å². The predicted octanol–water partition coefficient (Wildman–Crippen LogP) is 0.818. The van der Waals surface area contributed by atoms with E-state index in [2.05, 4.69) is 21.5 Å². The van der Waals surface area contributed by atoms with E-state index in [9.17, 15) is 9.59 Å². The fourth-order valence-corrected chi connectivity index (χ4v) is 2.85. The molecule has 0 aliphatic carbocycles. The highest BCUT2D eigenvalue weighted by Gasteiger charge is 2.22. The first-order valence-electron chi connectivity index (χ1n) is 8.41. The quantitative estimate of drug-likeness (QED) is 0.266. The highest BCUT2D eigenvalue weighted by atomic mass is 35.5. The zero-order chi connectivity index (χ0) is 20.7. The minimum atomic E-state index is -0.506. The molecule has 0 bridgehead atoms. The van der Waals surface area contributed by atoms with Crippen LogP contribution in [0.2, 0.25) is 5.02 Å². The molecule has 0 spiro atoms. The Balaban J connectivity index is 2.56. The van der Waals surface area contributed by atoms with Crippen molar-refractivity contribution in [3.63, 3.8) is 0 Å². The van der Waals surface area contributed by atoms with Crippen LogP contribution in [-0.2, 0) is 29.7 Å². The van der Waals surface area contributed by atoms with Gasteiger partial charge in [-0.3, -0.25) is 18.9 Å². The van der Waals surface area contributed by atoms with E-state index >= 15 is 0 Å². The Hall–Kier alpha value is -2.53. The molecule has 0 unspecified atom stereocenters. The fourth-order valence-electron chi connectivity index (χ4n) is 2.74. The largest absolute Gasteiger partial charge is 0.364 e. The molecule has 2 aromatic heterocycles. The Bertz CT molecular complexity index is 925. The number of pyridine rings is 1. The van der Waals surface area contributed by atoms with Crippen LogP contribution < -0.4 is 22.0 Å². The second-order valence-electron chi connectivity index (χ2n) is 5.94. The van der Waals surface area contributed by atoms with Crippen molar-refractivity contribution in [3.05, 3.63) is 49.9 Å². The van der Waals surface area contributed by atoms with E-state index in [-0.39, 0.29) is 37.9 Å². The van der Waals surface area contributed by atoms with Gasteiger partial charge in [-0.25, -0.2) is 15.7 Å². The van der Waals surface area contributed by atoms with Crippen molar-refractivity contribution in [1.29, 1.82) is 0 Å². The van der Waals surface area contributed by atoms with E-state index in [0.717, 1.165) is 4.57 Å². The standard InChI is InChI=1S/C17H23ClN6O4/c1-20-15-14(16(25)24(7-4-8-28-19)17(26)22(15)2)23(11-27-3)10-13-6-5-12(18)9-21-13/h5-6,9H,1,4,7-8,10-11,19H2,2-3H3. The predicted molar refractivity (Wildman–Crippen MR) is 107 cm³/mol. The van der Waals surface area contributed by atoms with Crippen molar-refractivity contribution < 1.29 is 9.57 Å². The summed E-state index contributed by atoms with van der Waals surface area (Å²) < 4.78 is 7.64. The van der Waals surface area contributed by atoms with Gasteiger partial charge in [0.25, 0.3) is 5.56 Å². The van der Waals surface area contributed by atoms with Gasteiger partial charge in [-0.05, 0) is 25.3 Å². The Labute approximate surface area is 166 Å². The lowest BCUT2D eigenvalue weighted by Crippen LogP contribution is -2.43. The van der Waals surface area contributed by atoms with Crippen LogP contribution in [0.15, 0.2) is 32.9 Å². The Morgan fingerprint density at radius 3 is 2.71 bits per heavy atom. The number of aromatic nitrogens is 3. The zero-order valence-corrected chi connectivity index (χ0v) is 16.6. The number of hydrogen-bond donors (Lipinski definition) is 1. The molecule has 0 saturated heterocycles. The van der Waals surface area contributed by atoms with Crippen molar-refractivity contribution >= 4 is 29.8 Å². The molecule has 0 saturated carbocycles. The van der Waals surface area contributed by atoms with Gasteiger partial charge in [0, 0.05) is 26.9 Å². The molecule has 0 aliphatic heterocycles. The van der Waals surface area contributed by atoms with Crippen molar-refractivity contribution in [1.82, 2.24) is 14.1 Å². The van der Waals surface area contributed by atoms with Crippen LogP contribution in [0.3, 0.4) is 0 Å². The number of aliphatic imine (C=N–C) groups is 1. The van der Waals surface area contributed by atoms with Gasteiger partial charge in [-0.15, -0.1) is 0 Å². The van der Waals surface area contributed by atoms with Crippen LogP contribution in [0.25, 0.3) is 0 Å². The van der Waals surface area contributed by atoms with Gasteiger partial charge in [0.2, 0.25) is 0 Å². The minimum Gasteiger partial charge on any atom is -0.364 e. The molecule has 0 atom stereocenters. The average molecular weight is 411 g/mol. The van der Waals surface area contributed by atoms with Crippen molar-refractivity contribution in [2.24, 2.45) is 17.9 Å². The summed E-state index contributed by atoms with van der Waals surface area (Å²) in [5.74, 6) is 5.17. The molecule has 2 N–H and O–H groups in total. The summed E-state index contributed by atoms with van der Waals surface area (Å²) in [7, 11) is 3.03. The molecule has 0 amide bonds. The topological polar surface area (TPSA) is 117 Å². The number of ether oxygens (including phenoxy) is 1. The van der Waals surface area contributed by atoms with Crippen LogP contribution in [-0.4, -0.2) is 41.3 Å². The number of rotatable bonds is 10. The van der Waals surface area contributed by atoms with Crippen LogP contribution in [0.4, 0.5) is 11.5 Å². The van der Waals surface area contributed by atoms with Crippen LogP contribution in [0.5, 0.6) is 0 Å². The van der Waals surface area contributed by atoms with E-state index in [1.54, 1.807) is 17.0 Å². The summed E-state index contributed by atoms with van der Waals surface area (Å²) in [6.07, 6.45) is 1.91. The van der Waals surface area contributed by atoms with Gasteiger partial charge in [-0.1, -0.05) is 11.6 Å². The third kappa shape index (κ3) is 4.84. The summed E-state index contributed by atoms with van der Waals surface area (Å²) in [6, 6.07) is 3.44. The maximum Gasteiger partial charge on any atom is 0.332 e. The first kappa shape index (κ1) is 21.8. The minimum absolute atomic E-state index is 0.0756. The fraction of sp³-hybridized carbons (Fsp3) is 0.412. The molecule has 11 heteroatoms. The van der Waals surface area contributed by atoms with E-state index in [4.69, 9.17) is 22.2 Å². The number of nitrogens with zero attached hydrogens (tertiary/aromatic N) is 5. The van der Waals surface area contributed by atoms with Crippen molar-refractivity contribution in [2.45, 2.75) is 19.5 Å². The molecule has 10 nitrogen and oxygen atoms in total. The van der Waals surface area contributed by atoms with E-state index < -0.39 is 11.2 Å². The van der Waals surface area contributed by atoms with Gasteiger partial charge in [0.1, 0.15) is 12.4 Å². The number of hydrogen-bond acceptors (Lipinski definition) is 8. The van der Waals surface area contributed by atoms with Crippen LogP contribution in [0.1, 0.15) is 12.1 Å². The first-order valence-corrected chi connectivity index (χ1v) is 8.78. The number of halogens is 1. The molecule has 152 valence electrons. The molecule has 0 radical (unpaired) electrons. The lowest BCUT2D eigenvalue weighted by atomic mass is 10.3. The third-order valence-corrected chi connectivity index (χ3v) is 4.25. The zero-order valence-electron chi connectivity index (χ0n) is 15.8. The molecule has 0 aliphatic rings. The summed E-state index contributed by atoms with van der Waals surface area (Å²) in [5, 5.41) is 0.502. The Morgan fingerprint density at radius 1 is 1.39 bits per heavy atom. The summed E-state index contributed by atoms with van der Waals surface area (Å²) in [6.45, 7) is 4.18. The van der Waals surface area contributed by atoms with Gasteiger partial charge < -0.3 is 14.5 Å². The molecule has 2 heterocycles. The van der Waals surface area contributed by atoms with Gasteiger partial charge in [0.15, 0.2) is 5.82 Å². The van der Waals surface area contributed by atoms with Crippen LogP contribution in [0, 0.1) is 0 Å². The SMILES string of the molecule is C=Nc1c(N(COC)Cc2ccc(Cl)cn2)c(=O)n(CCCON)c(=O)n1C. The van der Waals surface area contributed by atoms with Crippen LogP contribution >= 0.6 is 11.6 Å². The molecule has 2 rings (SSSR count). The first-order chi connectivity index (χ1) is 13.4. The summed E-state index contributed by atoms with van der Waals surface area (Å²) >= 11 is 5.88. The molecule has 2 aromatic rings. The second-order valence-corrected chi connectivity index (χ2v) is 6.37. The number of methoxy groups -OCH3 is 1. The normalized spacial score (nSPS) is 10.9. The van der Waals surface area contributed by atoms with E-state index in [0.29, 0.717) is 17.1 Å². The smallest absolute Gasteiger partial charge is 0.332 e. The maximum atomic E-state index is 13.1. The Kier molecular flexibility index (Phi) is 7.88. The third-order valence-electron chi connectivity index (χ3n) is 4.03. The summed E-state index contributed by atoms with van der Waals surface area (Å²) in [4.78, 5) is 40.0. The molecule has 28 heavy (non-hydrogen) atoms. The van der Waals surface area contributed by atoms with Gasteiger partial charge in [-0.2, -0.15) is 0 Å². The highest BCUT2D eigenvalue weighted by molar-refractivity contribution is 6.30. The lowest BCUT2D eigenvalue weighted by molar-refractivity contribution is 0.131. The monoisotopic (exact) mass is 410 g/mol. The molecular formula is C17H23ClN6O4. The molecule has 0 aromatic carbocycles. The molecule has 0 fully saturated rings. The number of anilines is 1. The molecular weight excluding hydrogens is 388 g/mol. The number of nitrogens with two attached hydrogens (primary N) is 1. The maximum absolute atomic E-state index is 13.1. The lowest BCUT2D eigenvalue weighted by Gasteiger charge is -2.25.